The highest BCUT2D eigenvalue weighted by atomic mass is 32.2. The van der Waals surface area contributed by atoms with Gasteiger partial charge in [-0.2, -0.15) is 0 Å². The van der Waals surface area contributed by atoms with Crippen molar-refractivity contribution in [2.75, 3.05) is 33.3 Å². The lowest BCUT2D eigenvalue weighted by Gasteiger charge is -2.21. The molecule has 0 saturated carbocycles. The van der Waals surface area contributed by atoms with Crippen LogP contribution in [0.1, 0.15) is 20.3 Å². The molecule has 0 N–H and O–H groups in total. The Hall–Kier alpha value is -1.60. The Labute approximate surface area is 138 Å². The molecule has 1 fully saturated rings. The molecule has 0 spiro atoms. The standard InChI is InChI=1S/C16H24N2O4S/c1-4-22-15-6-5-7-16(10-15)23(20,21)17(3)11-14-8-9-18(12-14)13(2)19/h5-7,10,14H,4,8-9,11-12H2,1-3H3/t14-/m0/s1. The van der Waals surface area contributed by atoms with Crippen LogP contribution in [0.2, 0.25) is 0 Å². The van der Waals surface area contributed by atoms with E-state index in [2.05, 4.69) is 0 Å². The fourth-order valence-electron chi connectivity index (χ4n) is 2.80. The lowest BCUT2D eigenvalue weighted by atomic mass is 10.1. The van der Waals surface area contributed by atoms with Crippen molar-refractivity contribution in [1.82, 2.24) is 9.21 Å². The van der Waals surface area contributed by atoms with E-state index < -0.39 is 10.0 Å². The second-order valence-electron chi connectivity index (χ2n) is 5.81. The SMILES string of the molecule is CCOc1cccc(S(=O)(=O)N(C)C[C@@H]2CCN(C(C)=O)C2)c1. The molecule has 7 heteroatoms. The summed E-state index contributed by atoms with van der Waals surface area (Å²) in [6.07, 6.45) is 0.832. The average molecular weight is 340 g/mol. The number of hydrogen-bond donors (Lipinski definition) is 0. The van der Waals surface area contributed by atoms with Gasteiger partial charge in [0.15, 0.2) is 0 Å². The summed E-state index contributed by atoms with van der Waals surface area (Å²) in [7, 11) is -1.97. The highest BCUT2D eigenvalue weighted by Gasteiger charge is 2.29. The van der Waals surface area contributed by atoms with Gasteiger partial charge < -0.3 is 9.64 Å². The summed E-state index contributed by atoms with van der Waals surface area (Å²) in [5.41, 5.74) is 0. The van der Waals surface area contributed by atoms with Gasteiger partial charge in [0, 0.05) is 39.7 Å². The van der Waals surface area contributed by atoms with E-state index in [4.69, 9.17) is 4.74 Å². The largest absolute Gasteiger partial charge is 0.494 e. The molecular formula is C16H24N2O4S. The number of ether oxygens (including phenoxy) is 1. The molecule has 0 aromatic heterocycles. The van der Waals surface area contributed by atoms with Crippen LogP contribution in [-0.4, -0.2) is 56.8 Å². The molecule has 6 nitrogen and oxygen atoms in total. The van der Waals surface area contributed by atoms with Crippen LogP contribution in [0, 0.1) is 5.92 Å². The summed E-state index contributed by atoms with van der Waals surface area (Å²) in [6.45, 7) is 5.62. The first kappa shape index (κ1) is 17.7. The van der Waals surface area contributed by atoms with E-state index in [1.165, 1.54) is 4.31 Å². The molecule has 1 aliphatic rings. The van der Waals surface area contributed by atoms with E-state index in [1.54, 1.807) is 43.1 Å². The number of amides is 1. The summed E-state index contributed by atoms with van der Waals surface area (Å²) in [6, 6.07) is 6.54. The predicted molar refractivity (Wildman–Crippen MR) is 87.8 cm³/mol. The van der Waals surface area contributed by atoms with Crippen molar-refractivity contribution >= 4 is 15.9 Å². The van der Waals surface area contributed by atoms with Crippen LogP contribution in [0.5, 0.6) is 5.75 Å². The zero-order valence-electron chi connectivity index (χ0n) is 13.9. The first-order valence-corrected chi connectivity index (χ1v) is 9.23. The van der Waals surface area contributed by atoms with Crippen molar-refractivity contribution in [3.63, 3.8) is 0 Å². The third-order valence-corrected chi connectivity index (χ3v) is 5.89. The van der Waals surface area contributed by atoms with Gasteiger partial charge in [-0.15, -0.1) is 0 Å². The third-order valence-electron chi connectivity index (χ3n) is 4.07. The van der Waals surface area contributed by atoms with E-state index in [0.29, 0.717) is 32.0 Å². The maximum Gasteiger partial charge on any atom is 0.242 e. The van der Waals surface area contributed by atoms with Gasteiger partial charge in [-0.3, -0.25) is 4.79 Å². The van der Waals surface area contributed by atoms with Gasteiger partial charge in [0.05, 0.1) is 11.5 Å². The summed E-state index contributed by atoms with van der Waals surface area (Å²) >= 11 is 0. The second kappa shape index (κ2) is 7.31. The topological polar surface area (TPSA) is 66.9 Å². The molecule has 1 amide bonds. The van der Waals surface area contributed by atoms with Crippen molar-refractivity contribution in [2.24, 2.45) is 5.92 Å². The quantitative estimate of drug-likeness (QED) is 0.788. The van der Waals surface area contributed by atoms with E-state index in [0.717, 1.165) is 6.42 Å². The molecule has 128 valence electrons. The van der Waals surface area contributed by atoms with Crippen LogP contribution in [0.3, 0.4) is 0 Å². The zero-order chi connectivity index (χ0) is 17.0. The van der Waals surface area contributed by atoms with Gasteiger partial charge in [0.25, 0.3) is 0 Å². The lowest BCUT2D eigenvalue weighted by molar-refractivity contribution is -0.127. The minimum atomic E-state index is -3.56. The Bertz CT molecular complexity index is 660. The zero-order valence-corrected chi connectivity index (χ0v) is 14.7. The molecule has 1 aliphatic heterocycles. The summed E-state index contributed by atoms with van der Waals surface area (Å²) in [5, 5.41) is 0. The molecule has 23 heavy (non-hydrogen) atoms. The minimum Gasteiger partial charge on any atom is -0.494 e. The normalized spacial score (nSPS) is 18.4. The Morgan fingerprint density at radius 3 is 2.78 bits per heavy atom. The van der Waals surface area contributed by atoms with E-state index >= 15 is 0 Å². The predicted octanol–water partition coefficient (Wildman–Crippen LogP) is 1.57. The smallest absolute Gasteiger partial charge is 0.242 e. The average Bonchev–Trinajstić information content (AvgIpc) is 2.96. The summed E-state index contributed by atoms with van der Waals surface area (Å²) in [4.78, 5) is 13.4. The van der Waals surface area contributed by atoms with Crippen molar-refractivity contribution in [1.29, 1.82) is 0 Å². The molecule has 1 atom stereocenters. The maximum atomic E-state index is 12.7. The third kappa shape index (κ3) is 4.23. The number of carbonyl (C=O) groups is 1. The first-order valence-electron chi connectivity index (χ1n) is 7.79. The fraction of sp³-hybridized carbons (Fsp3) is 0.562. The second-order valence-corrected chi connectivity index (χ2v) is 7.86. The van der Waals surface area contributed by atoms with Crippen molar-refractivity contribution < 1.29 is 17.9 Å². The minimum absolute atomic E-state index is 0.0439. The highest BCUT2D eigenvalue weighted by Crippen LogP contribution is 2.23. The monoisotopic (exact) mass is 340 g/mol. The number of benzene rings is 1. The van der Waals surface area contributed by atoms with Gasteiger partial charge in [0.1, 0.15) is 5.75 Å². The van der Waals surface area contributed by atoms with Gasteiger partial charge in [-0.05, 0) is 31.4 Å². The van der Waals surface area contributed by atoms with Crippen molar-refractivity contribution in [3.8, 4) is 5.75 Å². The molecular weight excluding hydrogens is 316 g/mol. The molecule has 0 radical (unpaired) electrons. The number of rotatable bonds is 6. The number of likely N-dealkylation sites (tertiary alicyclic amines) is 1. The number of carbonyl (C=O) groups excluding carboxylic acids is 1. The summed E-state index contributed by atoms with van der Waals surface area (Å²) in [5.74, 6) is 0.766. The van der Waals surface area contributed by atoms with Crippen LogP contribution in [0.25, 0.3) is 0 Å². The Balaban J connectivity index is 2.07. The Morgan fingerprint density at radius 2 is 2.17 bits per heavy atom. The van der Waals surface area contributed by atoms with Crippen molar-refractivity contribution in [2.45, 2.75) is 25.2 Å². The van der Waals surface area contributed by atoms with Crippen LogP contribution in [0.15, 0.2) is 29.2 Å². The van der Waals surface area contributed by atoms with Crippen LogP contribution in [0.4, 0.5) is 0 Å². The first-order chi connectivity index (χ1) is 10.8. The number of sulfonamides is 1. The van der Waals surface area contributed by atoms with Gasteiger partial charge >= 0.3 is 0 Å². The van der Waals surface area contributed by atoms with E-state index in [-0.39, 0.29) is 16.7 Å². The van der Waals surface area contributed by atoms with Crippen LogP contribution in [-0.2, 0) is 14.8 Å². The van der Waals surface area contributed by atoms with Gasteiger partial charge in [-0.1, -0.05) is 6.07 Å². The van der Waals surface area contributed by atoms with Gasteiger partial charge in [-0.25, -0.2) is 12.7 Å². The summed E-state index contributed by atoms with van der Waals surface area (Å²) < 4.78 is 32.1. The molecule has 1 aromatic carbocycles. The van der Waals surface area contributed by atoms with Crippen LogP contribution >= 0.6 is 0 Å². The van der Waals surface area contributed by atoms with E-state index in [1.807, 2.05) is 6.92 Å². The number of nitrogens with zero attached hydrogens (tertiary/aromatic N) is 2. The molecule has 2 rings (SSSR count). The maximum absolute atomic E-state index is 12.7. The number of hydrogen-bond acceptors (Lipinski definition) is 4. The highest BCUT2D eigenvalue weighted by molar-refractivity contribution is 7.89. The molecule has 1 aromatic rings. The van der Waals surface area contributed by atoms with Crippen molar-refractivity contribution in [3.05, 3.63) is 24.3 Å². The molecule has 0 unspecified atom stereocenters. The fourth-order valence-corrected chi connectivity index (χ4v) is 4.08. The molecule has 0 aliphatic carbocycles. The van der Waals surface area contributed by atoms with E-state index in [9.17, 15) is 13.2 Å². The molecule has 1 saturated heterocycles. The molecule has 0 bridgehead atoms. The van der Waals surface area contributed by atoms with Crippen LogP contribution < -0.4 is 4.74 Å². The Kier molecular flexibility index (Phi) is 5.64. The lowest BCUT2D eigenvalue weighted by Crippen LogP contribution is -2.34. The van der Waals surface area contributed by atoms with Gasteiger partial charge in [0.2, 0.25) is 15.9 Å². The molecule has 1 heterocycles. The Morgan fingerprint density at radius 1 is 1.43 bits per heavy atom.